The lowest BCUT2D eigenvalue weighted by Crippen LogP contribution is -2.46. The molecule has 1 N–H and O–H groups in total. The number of rotatable bonds is 4. The van der Waals surface area contributed by atoms with Gasteiger partial charge in [0.05, 0.1) is 15.3 Å². The normalized spacial score (nSPS) is 25.1. The Labute approximate surface area is 161 Å². The van der Waals surface area contributed by atoms with Crippen molar-refractivity contribution in [2.24, 2.45) is 11.8 Å². The molecule has 136 valence electrons. The second kappa shape index (κ2) is 7.72. The van der Waals surface area contributed by atoms with E-state index in [0.717, 1.165) is 6.42 Å². The molecule has 1 amide bonds. The van der Waals surface area contributed by atoms with E-state index in [0.29, 0.717) is 32.7 Å². The first kappa shape index (κ1) is 18.8. The Hall–Kier alpha value is -0.980. The summed E-state index contributed by atoms with van der Waals surface area (Å²) in [5.74, 6) is 1.17. The topological polar surface area (TPSA) is 59.3 Å². The van der Waals surface area contributed by atoms with Crippen LogP contribution in [0.15, 0.2) is 17.4 Å². The number of halogens is 2. The SMILES string of the molecule is C[C@H]1[C@@H](NC(=O)[C@@H](C)Sc2nnc3c(Cl)cc(Cl)cn23)CCC[C@@H]1C. The summed E-state index contributed by atoms with van der Waals surface area (Å²) >= 11 is 13.6. The van der Waals surface area contributed by atoms with Gasteiger partial charge in [-0.15, -0.1) is 10.2 Å². The Morgan fingerprint density at radius 2 is 2.12 bits per heavy atom. The van der Waals surface area contributed by atoms with E-state index in [1.165, 1.54) is 24.6 Å². The lowest BCUT2D eigenvalue weighted by molar-refractivity contribution is -0.121. The summed E-state index contributed by atoms with van der Waals surface area (Å²) in [5, 5.41) is 12.7. The Morgan fingerprint density at radius 3 is 2.88 bits per heavy atom. The van der Waals surface area contributed by atoms with E-state index in [1.54, 1.807) is 16.7 Å². The first-order valence-electron chi connectivity index (χ1n) is 8.53. The number of aromatic nitrogens is 3. The fourth-order valence-electron chi connectivity index (χ4n) is 3.28. The van der Waals surface area contributed by atoms with Crippen LogP contribution in [0.3, 0.4) is 0 Å². The molecule has 25 heavy (non-hydrogen) atoms. The van der Waals surface area contributed by atoms with Gasteiger partial charge in [0.2, 0.25) is 5.91 Å². The van der Waals surface area contributed by atoms with Crippen molar-refractivity contribution in [3.8, 4) is 0 Å². The second-order valence-corrected chi connectivity index (χ2v) is 8.98. The molecule has 0 radical (unpaired) electrons. The first-order chi connectivity index (χ1) is 11.9. The minimum atomic E-state index is -0.283. The molecule has 8 heteroatoms. The minimum absolute atomic E-state index is 0.0285. The highest BCUT2D eigenvalue weighted by Crippen LogP contribution is 2.31. The highest BCUT2D eigenvalue weighted by molar-refractivity contribution is 8.00. The van der Waals surface area contributed by atoms with Gasteiger partial charge in [-0.2, -0.15) is 0 Å². The van der Waals surface area contributed by atoms with E-state index in [1.807, 2.05) is 6.92 Å². The van der Waals surface area contributed by atoms with Crippen LogP contribution in [0.25, 0.3) is 5.65 Å². The number of carbonyl (C=O) groups is 1. The zero-order valence-corrected chi connectivity index (χ0v) is 16.8. The van der Waals surface area contributed by atoms with Crippen molar-refractivity contribution in [3.63, 3.8) is 0 Å². The van der Waals surface area contributed by atoms with Gasteiger partial charge in [0.25, 0.3) is 0 Å². The average molecular weight is 401 g/mol. The number of hydrogen-bond acceptors (Lipinski definition) is 4. The lowest BCUT2D eigenvalue weighted by Gasteiger charge is -2.35. The van der Waals surface area contributed by atoms with Crippen LogP contribution in [0.2, 0.25) is 10.0 Å². The van der Waals surface area contributed by atoms with Crippen LogP contribution in [0, 0.1) is 11.8 Å². The van der Waals surface area contributed by atoms with E-state index in [4.69, 9.17) is 23.2 Å². The van der Waals surface area contributed by atoms with E-state index in [-0.39, 0.29) is 17.2 Å². The van der Waals surface area contributed by atoms with E-state index < -0.39 is 0 Å². The number of amides is 1. The molecule has 2 heterocycles. The maximum absolute atomic E-state index is 12.6. The standard InChI is InChI=1S/C17H22Cl2N4OS/c1-9-5-4-6-14(10(9)2)20-16(24)11(3)25-17-22-21-15-13(19)7-12(18)8-23(15)17/h7-11,14H,4-6H2,1-3H3,(H,20,24)/t9-,10+,11+,14-/m0/s1. The Morgan fingerprint density at radius 1 is 1.36 bits per heavy atom. The van der Waals surface area contributed by atoms with Crippen molar-refractivity contribution in [2.75, 3.05) is 0 Å². The van der Waals surface area contributed by atoms with Crippen molar-refractivity contribution < 1.29 is 4.79 Å². The molecule has 1 aliphatic rings. The molecule has 0 spiro atoms. The number of fused-ring (bicyclic) bond motifs is 1. The van der Waals surface area contributed by atoms with Gasteiger partial charge in [-0.1, -0.05) is 61.7 Å². The number of nitrogens with zero attached hydrogens (tertiary/aromatic N) is 3. The maximum Gasteiger partial charge on any atom is 0.233 e. The summed E-state index contributed by atoms with van der Waals surface area (Å²) in [4.78, 5) is 12.6. The molecule has 1 aliphatic carbocycles. The molecule has 0 bridgehead atoms. The van der Waals surface area contributed by atoms with Gasteiger partial charge in [-0.3, -0.25) is 9.20 Å². The minimum Gasteiger partial charge on any atom is -0.352 e. The van der Waals surface area contributed by atoms with Crippen molar-refractivity contribution in [1.82, 2.24) is 19.9 Å². The van der Waals surface area contributed by atoms with Crippen molar-refractivity contribution in [1.29, 1.82) is 0 Å². The van der Waals surface area contributed by atoms with Crippen LogP contribution in [0.4, 0.5) is 0 Å². The van der Waals surface area contributed by atoms with Gasteiger partial charge in [-0.25, -0.2) is 0 Å². The zero-order valence-electron chi connectivity index (χ0n) is 14.5. The van der Waals surface area contributed by atoms with E-state index >= 15 is 0 Å². The summed E-state index contributed by atoms with van der Waals surface area (Å²) in [6, 6.07) is 1.88. The summed E-state index contributed by atoms with van der Waals surface area (Å²) in [6.07, 6.45) is 5.17. The summed E-state index contributed by atoms with van der Waals surface area (Å²) in [6.45, 7) is 6.36. The molecule has 1 fully saturated rings. The molecule has 0 aliphatic heterocycles. The van der Waals surface area contributed by atoms with Crippen LogP contribution >= 0.6 is 35.0 Å². The smallest absolute Gasteiger partial charge is 0.233 e. The molecule has 2 aromatic rings. The average Bonchev–Trinajstić information content (AvgIpc) is 2.95. The molecule has 0 aromatic carbocycles. The third kappa shape index (κ3) is 4.07. The summed E-state index contributed by atoms with van der Waals surface area (Å²) < 4.78 is 1.73. The maximum atomic E-state index is 12.6. The Bertz CT molecular complexity index is 781. The zero-order chi connectivity index (χ0) is 18.1. The third-order valence-electron chi connectivity index (χ3n) is 5.08. The van der Waals surface area contributed by atoms with E-state index in [2.05, 4.69) is 29.4 Å². The molecule has 0 unspecified atom stereocenters. The number of nitrogens with one attached hydrogen (secondary N) is 1. The molecule has 3 rings (SSSR count). The summed E-state index contributed by atoms with van der Waals surface area (Å²) in [7, 11) is 0. The Balaban J connectivity index is 1.69. The van der Waals surface area contributed by atoms with Crippen molar-refractivity contribution in [2.45, 2.75) is 56.5 Å². The van der Waals surface area contributed by atoms with Crippen LogP contribution in [-0.4, -0.2) is 31.8 Å². The van der Waals surface area contributed by atoms with Gasteiger partial charge in [0, 0.05) is 12.2 Å². The van der Waals surface area contributed by atoms with Crippen LogP contribution < -0.4 is 5.32 Å². The monoisotopic (exact) mass is 400 g/mol. The van der Waals surface area contributed by atoms with Crippen molar-refractivity contribution >= 4 is 46.5 Å². The molecular weight excluding hydrogens is 379 g/mol. The first-order valence-corrected chi connectivity index (χ1v) is 10.2. The van der Waals surface area contributed by atoms with Gasteiger partial charge >= 0.3 is 0 Å². The fraction of sp³-hybridized carbons (Fsp3) is 0.588. The predicted molar refractivity (Wildman–Crippen MR) is 102 cm³/mol. The van der Waals surface area contributed by atoms with Crippen LogP contribution in [-0.2, 0) is 4.79 Å². The number of thioether (sulfide) groups is 1. The highest BCUT2D eigenvalue weighted by Gasteiger charge is 2.29. The largest absolute Gasteiger partial charge is 0.352 e. The number of carbonyl (C=O) groups excluding carboxylic acids is 1. The van der Waals surface area contributed by atoms with Crippen LogP contribution in [0.1, 0.15) is 40.0 Å². The lowest BCUT2D eigenvalue weighted by atomic mass is 9.78. The molecule has 0 saturated heterocycles. The quantitative estimate of drug-likeness (QED) is 0.769. The van der Waals surface area contributed by atoms with Crippen molar-refractivity contribution in [3.05, 3.63) is 22.3 Å². The van der Waals surface area contributed by atoms with Gasteiger partial charge < -0.3 is 5.32 Å². The summed E-state index contributed by atoms with van der Waals surface area (Å²) in [5.41, 5.74) is 0.538. The van der Waals surface area contributed by atoms with Gasteiger partial charge in [0.1, 0.15) is 0 Å². The number of hydrogen-bond donors (Lipinski definition) is 1. The molecule has 1 saturated carbocycles. The predicted octanol–water partition coefficient (Wildman–Crippen LogP) is 4.46. The Kier molecular flexibility index (Phi) is 5.81. The molecular formula is C17H22Cl2N4OS. The fourth-order valence-corrected chi connectivity index (χ4v) is 4.62. The highest BCUT2D eigenvalue weighted by atomic mass is 35.5. The number of pyridine rings is 1. The van der Waals surface area contributed by atoms with Gasteiger partial charge in [-0.05, 0) is 31.2 Å². The van der Waals surface area contributed by atoms with Crippen LogP contribution in [0.5, 0.6) is 0 Å². The second-order valence-electron chi connectivity index (χ2n) is 6.82. The molecule has 2 aromatic heterocycles. The third-order valence-corrected chi connectivity index (χ3v) is 6.62. The molecule has 4 atom stereocenters. The molecule has 5 nitrogen and oxygen atoms in total. The van der Waals surface area contributed by atoms with Gasteiger partial charge in [0.15, 0.2) is 10.8 Å². The van der Waals surface area contributed by atoms with E-state index in [9.17, 15) is 4.79 Å².